The van der Waals surface area contributed by atoms with Crippen LogP contribution >= 0.6 is 0 Å². The number of benzene rings is 3. The van der Waals surface area contributed by atoms with Crippen molar-refractivity contribution in [1.29, 1.82) is 0 Å². The van der Waals surface area contributed by atoms with Crippen molar-refractivity contribution in [3.8, 4) is 0 Å². The number of fused-ring (bicyclic) bond motifs is 1. The Morgan fingerprint density at radius 1 is 0.911 bits per heavy atom. The number of carbonyl (C=O) groups excluding carboxylic acids is 2. The van der Waals surface area contributed by atoms with Gasteiger partial charge in [-0.15, -0.1) is 0 Å². The molecule has 45 heavy (non-hydrogen) atoms. The van der Waals surface area contributed by atoms with Gasteiger partial charge in [-0.05, 0) is 59.9 Å². The molecule has 6 rings (SSSR count). The first-order valence-electron chi connectivity index (χ1n) is 15.7. The predicted octanol–water partition coefficient (Wildman–Crippen LogP) is 4.80. The van der Waals surface area contributed by atoms with E-state index in [0.29, 0.717) is 26.1 Å². The van der Waals surface area contributed by atoms with Gasteiger partial charge < -0.3 is 19.4 Å². The van der Waals surface area contributed by atoms with Gasteiger partial charge in [0.05, 0.1) is 24.6 Å². The molecule has 1 atom stereocenters. The van der Waals surface area contributed by atoms with E-state index in [2.05, 4.69) is 52.5 Å². The Morgan fingerprint density at radius 2 is 1.62 bits per heavy atom. The molecule has 0 bridgehead atoms. The number of nitrogens with zero attached hydrogens (tertiary/aromatic N) is 5. The second-order valence-corrected chi connectivity index (χ2v) is 11.9. The molecule has 3 heterocycles. The van der Waals surface area contributed by atoms with Crippen LogP contribution in [0.2, 0.25) is 0 Å². The van der Waals surface area contributed by atoms with Gasteiger partial charge in [0.2, 0.25) is 11.8 Å². The molecular weight excluding hydrogens is 562 g/mol. The topological polar surface area (TPSA) is 70.9 Å². The molecule has 8 nitrogen and oxygen atoms in total. The van der Waals surface area contributed by atoms with Crippen molar-refractivity contribution in [3.63, 3.8) is 0 Å². The van der Waals surface area contributed by atoms with E-state index in [1.54, 1.807) is 21.7 Å². The van der Waals surface area contributed by atoms with Gasteiger partial charge in [-0.1, -0.05) is 66.7 Å². The van der Waals surface area contributed by atoms with Crippen LogP contribution in [-0.2, 0) is 47.3 Å². The van der Waals surface area contributed by atoms with Gasteiger partial charge in [-0.2, -0.15) is 5.10 Å². The summed E-state index contributed by atoms with van der Waals surface area (Å²) in [4.78, 5) is 34.7. The third-order valence-electron chi connectivity index (χ3n) is 8.76. The largest absolute Gasteiger partial charge is 0.378 e. The van der Waals surface area contributed by atoms with Crippen molar-refractivity contribution in [3.05, 3.63) is 125 Å². The van der Waals surface area contributed by atoms with E-state index in [4.69, 9.17) is 4.74 Å². The number of morpholine rings is 1. The first-order chi connectivity index (χ1) is 21.9. The third kappa shape index (κ3) is 7.35. The maximum absolute atomic E-state index is 14.5. The van der Waals surface area contributed by atoms with E-state index >= 15 is 0 Å². The van der Waals surface area contributed by atoms with Crippen LogP contribution in [0.1, 0.15) is 33.6 Å². The number of hydrogen-bond donors (Lipinski definition) is 0. The molecular formula is C37H41N5O3. The summed E-state index contributed by atoms with van der Waals surface area (Å²) in [6.07, 6.45) is 4.60. The van der Waals surface area contributed by atoms with Gasteiger partial charge in [-0.3, -0.25) is 14.3 Å². The monoisotopic (exact) mass is 603 g/mol. The van der Waals surface area contributed by atoms with Gasteiger partial charge in [-0.25, -0.2) is 0 Å². The van der Waals surface area contributed by atoms with E-state index in [-0.39, 0.29) is 11.8 Å². The van der Waals surface area contributed by atoms with Crippen molar-refractivity contribution in [2.24, 2.45) is 7.05 Å². The highest BCUT2D eigenvalue weighted by atomic mass is 16.5. The summed E-state index contributed by atoms with van der Waals surface area (Å²) in [6, 6.07) is 27.9. The average molecular weight is 604 g/mol. The van der Waals surface area contributed by atoms with Crippen LogP contribution in [0.4, 0.5) is 5.69 Å². The molecule has 2 aliphatic rings. The molecule has 0 unspecified atom stereocenters. The molecule has 4 aromatic rings. The minimum atomic E-state index is -0.679. The second-order valence-electron chi connectivity index (χ2n) is 11.9. The number of rotatable bonds is 9. The summed E-state index contributed by atoms with van der Waals surface area (Å²) in [5.41, 5.74) is 7.27. The summed E-state index contributed by atoms with van der Waals surface area (Å²) in [5, 5.41) is 4.42. The first-order valence-corrected chi connectivity index (χ1v) is 15.7. The molecule has 0 N–H and O–H groups in total. The fourth-order valence-corrected chi connectivity index (χ4v) is 6.27. The van der Waals surface area contributed by atoms with E-state index in [9.17, 15) is 9.59 Å². The first kappa shape index (κ1) is 30.3. The number of ether oxygens (including phenoxy) is 1. The lowest BCUT2D eigenvalue weighted by atomic mass is 9.97. The van der Waals surface area contributed by atoms with Crippen LogP contribution < -0.4 is 4.90 Å². The predicted molar refractivity (Wildman–Crippen MR) is 176 cm³/mol. The Bertz CT molecular complexity index is 1640. The molecule has 0 saturated carbocycles. The van der Waals surface area contributed by atoms with Crippen molar-refractivity contribution in [2.75, 3.05) is 37.7 Å². The Labute approximate surface area is 265 Å². The van der Waals surface area contributed by atoms with Crippen LogP contribution in [0.15, 0.2) is 91.0 Å². The Hall–Kier alpha value is -4.69. The lowest BCUT2D eigenvalue weighted by molar-refractivity contribution is -0.144. The van der Waals surface area contributed by atoms with Crippen molar-refractivity contribution < 1.29 is 14.3 Å². The van der Waals surface area contributed by atoms with Gasteiger partial charge in [0.25, 0.3) is 0 Å². The number of hydrogen-bond acceptors (Lipinski definition) is 5. The summed E-state index contributed by atoms with van der Waals surface area (Å²) < 4.78 is 7.28. The zero-order chi connectivity index (χ0) is 31.2. The van der Waals surface area contributed by atoms with Gasteiger partial charge in [0.15, 0.2) is 0 Å². The smallest absolute Gasteiger partial charge is 0.247 e. The number of amides is 2. The zero-order valence-corrected chi connectivity index (χ0v) is 26.1. The van der Waals surface area contributed by atoms with Crippen LogP contribution in [0.3, 0.4) is 0 Å². The van der Waals surface area contributed by atoms with Crippen molar-refractivity contribution in [1.82, 2.24) is 19.6 Å². The molecule has 2 amide bonds. The number of aryl methyl sites for hydroxylation is 2. The van der Waals surface area contributed by atoms with E-state index in [0.717, 1.165) is 60.9 Å². The lowest BCUT2D eigenvalue weighted by Crippen LogP contribution is -2.52. The number of anilines is 1. The SMILES string of the molecule is Cc1cc(/C=C/C(=O)N(Cc2ccc(N3CCOCC3)cc2)[C@@H](Cc2ccccc2)C(=O)N2CCc3ccccc3C2)n(C)n1. The fraction of sp³-hybridized carbons (Fsp3) is 0.324. The highest BCUT2D eigenvalue weighted by Gasteiger charge is 2.34. The Balaban J connectivity index is 1.33. The summed E-state index contributed by atoms with van der Waals surface area (Å²) in [7, 11) is 1.86. The van der Waals surface area contributed by atoms with Gasteiger partial charge >= 0.3 is 0 Å². The third-order valence-corrected chi connectivity index (χ3v) is 8.76. The molecule has 8 heteroatoms. The van der Waals surface area contributed by atoms with E-state index in [1.165, 1.54) is 11.1 Å². The minimum absolute atomic E-state index is 0.0311. The highest BCUT2D eigenvalue weighted by Crippen LogP contribution is 2.24. The standard InChI is InChI=1S/C37H41N5O3/c1-28-24-34(39(2)38-28)16-17-36(43)42(26-30-12-14-33(15-13-30)40-20-22-45-23-21-40)35(25-29-8-4-3-5-9-29)37(44)41-19-18-31-10-6-7-11-32(31)27-41/h3-17,24,35H,18-23,25-27H2,1-2H3/b17-16+/t35-/m0/s1. The molecule has 0 spiro atoms. The molecule has 3 aromatic carbocycles. The molecule has 2 aliphatic heterocycles. The van der Waals surface area contributed by atoms with Crippen LogP contribution in [0.25, 0.3) is 6.08 Å². The Morgan fingerprint density at radius 3 is 2.33 bits per heavy atom. The molecule has 0 radical (unpaired) electrons. The van der Waals surface area contributed by atoms with Crippen LogP contribution in [0, 0.1) is 6.92 Å². The lowest BCUT2D eigenvalue weighted by Gasteiger charge is -2.37. The number of aromatic nitrogens is 2. The summed E-state index contributed by atoms with van der Waals surface area (Å²) in [6.45, 7) is 6.56. The van der Waals surface area contributed by atoms with E-state index < -0.39 is 6.04 Å². The summed E-state index contributed by atoms with van der Waals surface area (Å²) in [5.74, 6) is -0.241. The highest BCUT2D eigenvalue weighted by molar-refractivity contribution is 5.95. The average Bonchev–Trinajstić information content (AvgIpc) is 3.41. The van der Waals surface area contributed by atoms with Crippen molar-refractivity contribution >= 4 is 23.6 Å². The van der Waals surface area contributed by atoms with Gasteiger partial charge in [0.1, 0.15) is 6.04 Å². The van der Waals surface area contributed by atoms with Gasteiger partial charge in [0, 0.05) is 58.0 Å². The maximum Gasteiger partial charge on any atom is 0.247 e. The molecule has 1 aromatic heterocycles. The summed E-state index contributed by atoms with van der Waals surface area (Å²) >= 11 is 0. The normalized spacial score (nSPS) is 15.6. The van der Waals surface area contributed by atoms with E-state index in [1.807, 2.05) is 61.3 Å². The maximum atomic E-state index is 14.5. The van der Waals surface area contributed by atoms with Crippen LogP contribution in [-0.4, -0.2) is 70.3 Å². The molecule has 0 aliphatic carbocycles. The molecule has 1 saturated heterocycles. The van der Waals surface area contributed by atoms with Crippen LogP contribution in [0.5, 0.6) is 0 Å². The molecule has 1 fully saturated rings. The second kappa shape index (κ2) is 13.9. The fourth-order valence-electron chi connectivity index (χ4n) is 6.27. The minimum Gasteiger partial charge on any atom is -0.378 e. The molecule has 232 valence electrons. The zero-order valence-electron chi connectivity index (χ0n) is 26.1. The quantitative estimate of drug-likeness (QED) is 0.257. The Kier molecular flexibility index (Phi) is 9.41. The number of carbonyl (C=O) groups is 2. The van der Waals surface area contributed by atoms with Crippen molar-refractivity contribution in [2.45, 2.75) is 38.9 Å².